The van der Waals surface area contributed by atoms with Crippen molar-refractivity contribution in [2.24, 2.45) is 0 Å². The first kappa shape index (κ1) is 29.4. The van der Waals surface area contributed by atoms with Crippen LogP contribution in [0.15, 0.2) is 41.9 Å². The fraction of sp³-hybridized carbons (Fsp3) is 0.192. The highest BCUT2D eigenvalue weighted by molar-refractivity contribution is 7.12. The van der Waals surface area contributed by atoms with Crippen LogP contribution in [0.2, 0.25) is 5.02 Å². The Balaban J connectivity index is 1.80. The minimum Gasteiger partial charge on any atom is -0.350 e. The predicted molar refractivity (Wildman–Crippen MR) is 143 cm³/mol. The van der Waals surface area contributed by atoms with Gasteiger partial charge in [-0.2, -0.15) is 23.5 Å². The molecule has 0 aliphatic rings. The zero-order valence-corrected chi connectivity index (χ0v) is 23.1. The summed E-state index contributed by atoms with van der Waals surface area (Å²) in [4.78, 5) is 47.1. The van der Waals surface area contributed by atoms with Crippen molar-refractivity contribution >= 4 is 46.2 Å². The Labute approximate surface area is 239 Å². The number of halogens is 4. The summed E-state index contributed by atoms with van der Waals surface area (Å²) in [7, 11) is 0. The maximum atomic E-state index is 13.6. The summed E-state index contributed by atoms with van der Waals surface area (Å²) in [6, 6.07) is 8.56. The molecule has 4 rings (SSSR count). The molecule has 0 bridgehead atoms. The molecule has 0 spiro atoms. The standard InChI is InChI=1S/C26H19ClF3N7O3S/c1-12(2)33-23(39)15-8-14(10-31)7-13(3)20(15)35-24(40)18-9-17(36-37(18)22-16(27)5-4-6-32-22)21(38)25-34-19(11-41-25)26(28,29)30/h4-9,11-12H,1-3H3,(H,33,39)(H,35,40). The highest BCUT2D eigenvalue weighted by Gasteiger charge is 2.35. The van der Waals surface area contributed by atoms with Crippen LogP contribution >= 0.6 is 22.9 Å². The molecule has 0 saturated carbocycles. The number of aryl methyl sites for hydroxylation is 1. The Hall–Kier alpha value is -4.61. The lowest BCUT2D eigenvalue weighted by molar-refractivity contribution is -0.140. The van der Waals surface area contributed by atoms with Crippen molar-refractivity contribution in [2.75, 3.05) is 5.32 Å². The molecule has 2 amide bonds. The van der Waals surface area contributed by atoms with Gasteiger partial charge in [-0.3, -0.25) is 14.4 Å². The summed E-state index contributed by atoms with van der Waals surface area (Å²) in [5.41, 5.74) is -1.20. The van der Waals surface area contributed by atoms with Crippen LogP contribution in [0, 0.1) is 18.3 Å². The molecule has 0 fully saturated rings. The summed E-state index contributed by atoms with van der Waals surface area (Å²) < 4.78 is 40.1. The third-order valence-electron chi connectivity index (χ3n) is 5.47. The average Bonchev–Trinajstić information content (AvgIpc) is 3.57. The van der Waals surface area contributed by atoms with E-state index < -0.39 is 40.2 Å². The van der Waals surface area contributed by atoms with Crippen LogP contribution in [0.25, 0.3) is 5.82 Å². The summed E-state index contributed by atoms with van der Waals surface area (Å²) in [5, 5.41) is 19.1. The fourth-order valence-corrected chi connectivity index (χ4v) is 4.65. The fourth-order valence-electron chi connectivity index (χ4n) is 3.68. The van der Waals surface area contributed by atoms with Crippen LogP contribution < -0.4 is 10.6 Å². The maximum Gasteiger partial charge on any atom is 0.434 e. The van der Waals surface area contributed by atoms with Gasteiger partial charge in [0.1, 0.15) is 11.4 Å². The van der Waals surface area contributed by atoms with E-state index >= 15 is 0 Å². The van der Waals surface area contributed by atoms with Crippen molar-refractivity contribution in [1.82, 2.24) is 25.1 Å². The van der Waals surface area contributed by atoms with Crippen molar-refractivity contribution in [3.63, 3.8) is 0 Å². The van der Waals surface area contributed by atoms with Gasteiger partial charge in [0.2, 0.25) is 5.78 Å². The Kier molecular flexibility index (Phi) is 8.22. The van der Waals surface area contributed by atoms with E-state index in [0.29, 0.717) is 22.3 Å². The van der Waals surface area contributed by atoms with E-state index in [9.17, 15) is 32.8 Å². The molecule has 0 aliphatic carbocycles. The number of thiazole rings is 1. The number of hydrogen-bond acceptors (Lipinski definition) is 8. The van der Waals surface area contributed by atoms with Gasteiger partial charge in [-0.05, 0) is 50.6 Å². The van der Waals surface area contributed by atoms with Gasteiger partial charge in [-0.15, -0.1) is 11.3 Å². The first-order valence-corrected chi connectivity index (χ1v) is 13.0. The van der Waals surface area contributed by atoms with Crippen LogP contribution in [0.4, 0.5) is 18.9 Å². The smallest absolute Gasteiger partial charge is 0.350 e. The van der Waals surface area contributed by atoms with Crippen LogP contribution in [-0.4, -0.2) is 43.4 Å². The van der Waals surface area contributed by atoms with Crippen molar-refractivity contribution < 1.29 is 27.6 Å². The number of nitrogens with one attached hydrogen (secondary N) is 2. The topological polar surface area (TPSA) is 143 Å². The highest BCUT2D eigenvalue weighted by Crippen LogP contribution is 2.31. The molecule has 210 valence electrons. The van der Waals surface area contributed by atoms with Gasteiger partial charge in [0.15, 0.2) is 16.5 Å². The molecule has 4 aromatic rings. The SMILES string of the molecule is Cc1cc(C#N)cc(C(=O)NC(C)C)c1NC(=O)c1cc(C(=O)c2nc(C(F)(F)F)cs2)nn1-c1ncccc1Cl. The molecule has 0 saturated heterocycles. The van der Waals surface area contributed by atoms with E-state index in [-0.39, 0.29) is 39.4 Å². The van der Waals surface area contributed by atoms with Crippen molar-refractivity contribution in [3.05, 3.63) is 85.7 Å². The van der Waals surface area contributed by atoms with Gasteiger partial charge in [0.05, 0.1) is 27.9 Å². The Morgan fingerprint density at radius 1 is 1.17 bits per heavy atom. The zero-order valence-electron chi connectivity index (χ0n) is 21.5. The van der Waals surface area contributed by atoms with Crippen LogP contribution in [0.1, 0.15) is 67.0 Å². The number of hydrogen-bond donors (Lipinski definition) is 2. The molecule has 41 heavy (non-hydrogen) atoms. The number of alkyl halides is 3. The van der Waals surface area contributed by atoms with E-state index in [0.717, 1.165) is 10.7 Å². The first-order valence-electron chi connectivity index (χ1n) is 11.8. The molecule has 3 heterocycles. The van der Waals surface area contributed by atoms with Gasteiger partial charge in [0.25, 0.3) is 11.8 Å². The number of pyridine rings is 1. The van der Waals surface area contributed by atoms with E-state index in [1.165, 1.54) is 30.5 Å². The summed E-state index contributed by atoms with van der Waals surface area (Å²) in [6.45, 7) is 5.07. The van der Waals surface area contributed by atoms with Gasteiger partial charge in [0, 0.05) is 23.7 Å². The summed E-state index contributed by atoms with van der Waals surface area (Å²) in [5.74, 6) is -2.39. The monoisotopic (exact) mass is 601 g/mol. The highest BCUT2D eigenvalue weighted by atomic mass is 35.5. The normalized spacial score (nSPS) is 11.3. The second kappa shape index (κ2) is 11.5. The van der Waals surface area contributed by atoms with E-state index in [1.807, 2.05) is 6.07 Å². The molecule has 15 heteroatoms. The number of aromatic nitrogens is 4. The molecule has 0 aliphatic heterocycles. The molecule has 2 N–H and O–H groups in total. The lowest BCUT2D eigenvalue weighted by atomic mass is 10.0. The molecule has 1 aromatic carbocycles. The second-order valence-corrected chi connectivity index (χ2v) is 10.2. The van der Waals surface area contributed by atoms with Crippen molar-refractivity contribution in [2.45, 2.75) is 33.0 Å². The number of ketones is 1. The van der Waals surface area contributed by atoms with E-state index in [1.54, 1.807) is 20.8 Å². The first-order chi connectivity index (χ1) is 19.3. The predicted octanol–water partition coefficient (Wildman–Crippen LogP) is 5.20. The molecule has 3 aromatic heterocycles. The number of anilines is 1. The van der Waals surface area contributed by atoms with E-state index in [2.05, 4.69) is 25.7 Å². The molecule has 0 atom stereocenters. The number of carbonyl (C=O) groups is 3. The summed E-state index contributed by atoms with van der Waals surface area (Å²) in [6.07, 6.45) is -3.39. The molecular weight excluding hydrogens is 583 g/mol. The lowest BCUT2D eigenvalue weighted by Crippen LogP contribution is -2.31. The molecule has 0 radical (unpaired) electrons. The third-order valence-corrected chi connectivity index (χ3v) is 6.61. The molecule has 0 unspecified atom stereocenters. The maximum absolute atomic E-state index is 13.6. The molecule has 10 nitrogen and oxygen atoms in total. The van der Waals surface area contributed by atoms with Gasteiger partial charge in [-0.1, -0.05) is 11.6 Å². The number of carbonyl (C=O) groups excluding carboxylic acids is 3. The van der Waals surface area contributed by atoms with Gasteiger partial charge < -0.3 is 10.6 Å². The quantitative estimate of drug-likeness (QED) is 0.277. The number of amides is 2. The molecular formula is C26H19ClF3N7O3S. The van der Waals surface area contributed by atoms with Gasteiger partial charge >= 0.3 is 6.18 Å². The zero-order chi connectivity index (χ0) is 30.1. The minimum atomic E-state index is -4.75. The number of nitrogens with zero attached hydrogens (tertiary/aromatic N) is 5. The second-order valence-electron chi connectivity index (χ2n) is 8.91. The van der Waals surface area contributed by atoms with Gasteiger partial charge in [-0.25, -0.2) is 14.6 Å². The van der Waals surface area contributed by atoms with Crippen LogP contribution in [-0.2, 0) is 6.18 Å². The largest absolute Gasteiger partial charge is 0.434 e. The minimum absolute atomic E-state index is 0.0179. The number of rotatable bonds is 7. The van der Waals surface area contributed by atoms with Crippen molar-refractivity contribution in [3.8, 4) is 11.9 Å². The lowest BCUT2D eigenvalue weighted by Gasteiger charge is -2.16. The summed E-state index contributed by atoms with van der Waals surface area (Å²) >= 11 is 6.75. The average molecular weight is 602 g/mol. The Bertz CT molecular complexity index is 1720. The van der Waals surface area contributed by atoms with E-state index in [4.69, 9.17) is 11.6 Å². The number of benzene rings is 1. The van der Waals surface area contributed by atoms with Crippen molar-refractivity contribution in [1.29, 1.82) is 5.26 Å². The Morgan fingerprint density at radius 3 is 2.51 bits per heavy atom. The number of nitriles is 1. The van der Waals surface area contributed by atoms with Crippen LogP contribution in [0.5, 0.6) is 0 Å². The Morgan fingerprint density at radius 2 is 1.90 bits per heavy atom. The third kappa shape index (κ3) is 6.26. The van der Waals surface area contributed by atoms with Crippen LogP contribution in [0.3, 0.4) is 0 Å².